The Balaban J connectivity index is 2.07. The molecule has 0 atom stereocenters. The Morgan fingerprint density at radius 3 is 2.75 bits per heavy atom. The van der Waals surface area contributed by atoms with Gasteiger partial charge >= 0.3 is 12.0 Å². The number of imide groups is 1. The lowest BCUT2D eigenvalue weighted by Crippen LogP contribution is -2.41. The summed E-state index contributed by atoms with van der Waals surface area (Å²) in [5.74, 6) is -2.61. The maximum atomic E-state index is 13.2. The van der Waals surface area contributed by atoms with E-state index in [-0.39, 0.29) is 0 Å². The Bertz CT molecular complexity index is 612. The van der Waals surface area contributed by atoms with Crippen LogP contribution in [0.15, 0.2) is 30.4 Å². The van der Waals surface area contributed by atoms with Crippen molar-refractivity contribution in [1.82, 2.24) is 5.32 Å². The first-order chi connectivity index (χ1) is 9.47. The van der Waals surface area contributed by atoms with Gasteiger partial charge in [0.25, 0.3) is 5.91 Å². The lowest BCUT2D eigenvalue weighted by atomic mass is 10.2. The molecule has 1 aliphatic heterocycles. The Morgan fingerprint density at radius 2 is 2.05 bits per heavy atom. The van der Waals surface area contributed by atoms with E-state index in [0.717, 1.165) is 11.6 Å². The second-order valence-corrected chi connectivity index (χ2v) is 4.14. The van der Waals surface area contributed by atoms with Crippen LogP contribution in [0.4, 0.5) is 14.9 Å². The van der Waals surface area contributed by atoms with Crippen LogP contribution in [0.1, 0.15) is 5.56 Å². The molecule has 0 saturated heterocycles. The second kappa shape index (κ2) is 5.52. The van der Waals surface area contributed by atoms with Crippen molar-refractivity contribution < 1.29 is 23.9 Å². The van der Waals surface area contributed by atoms with Crippen molar-refractivity contribution in [2.24, 2.45) is 0 Å². The topological polar surface area (TPSA) is 86.7 Å². The summed E-state index contributed by atoms with van der Waals surface area (Å²) < 4.78 is 13.2. The second-order valence-electron chi connectivity index (χ2n) is 4.14. The summed E-state index contributed by atoms with van der Waals surface area (Å²) in [7, 11) is 0. The minimum Gasteiger partial charge on any atom is -0.478 e. The summed E-state index contributed by atoms with van der Waals surface area (Å²) >= 11 is 0. The minimum absolute atomic E-state index is 0.334. The van der Waals surface area contributed by atoms with E-state index in [0.29, 0.717) is 24.7 Å². The molecule has 1 aromatic rings. The maximum Gasteiger partial charge on any atom is 0.328 e. The van der Waals surface area contributed by atoms with Gasteiger partial charge in [0.2, 0.25) is 0 Å². The fourth-order valence-electron chi connectivity index (χ4n) is 1.92. The average Bonchev–Trinajstić information content (AvgIpc) is 2.79. The maximum absolute atomic E-state index is 13.2. The van der Waals surface area contributed by atoms with Crippen LogP contribution < -0.4 is 10.2 Å². The van der Waals surface area contributed by atoms with Gasteiger partial charge in [0.15, 0.2) is 0 Å². The predicted octanol–water partition coefficient (Wildman–Crippen LogP) is 1.07. The van der Waals surface area contributed by atoms with E-state index in [1.807, 2.05) is 5.32 Å². The van der Waals surface area contributed by atoms with Gasteiger partial charge < -0.3 is 5.11 Å². The van der Waals surface area contributed by atoms with Crippen LogP contribution in [0.3, 0.4) is 0 Å². The zero-order valence-electron chi connectivity index (χ0n) is 10.3. The molecule has 1 heterocycles. The summed E-state index contributed by atoms with van der Waals surface area (Å²) in [5, 5.41) is 10.4. The highest BCUT2D eigenvalue weighted by Gasteiger charge is 2.25. The molecule has 6 nitrogen and oxygen atoms in total. The Kier molecular flexibility index (Phi) is 3.79. The fourth-order valence-corrected chi connectivity index (χ4v) is 1.92. The quantitative estimate of drug-likeness (QED) is 0.792. The van der Waals surface area contributed by atoms with Gasteiger partial charge in [0, 0.05) is 18.7 Å². The molecule has 0 aromatic heterocycles. The van der Waals surface area contributed by atoms with Crippen molar-refractivity contribution in [3.05, 3.63) is 41.7 Å². The molecular weight excluding hydrogens is 267 g/mol. The molecule has 20 heavy (non-hydrogen) atoms. The highest BCUT2D eigenvalue weighted by atomic mass is 19.1. The third kappa shape index (κ3) is 3.00. The van der Waals surface area contributed by atoms with Gasteiger partial charge in [0.1, 0.15) is 5.82 Å². The van der Waals surface area contributed by atoms with E-state index in [1.54, 1.807) is 6.07 Å². The van der Waals surface area contributed by atoms with Crippen molar-refractivity contribution in [3.8, 4) is 0 Å². The molecule has 0 aliphatic carbocycles. The Labute approximate surface area is 113 Å². The third-order valence-electron chi connectivity index (χ3n) is 2.80. The molecular formula is C13H11FN2O4. The number of halogens is 1. The number of rotatable bonds is 2. The van der Waals surface area contributed by atoms with Crippen LogP contribution in [-0.4, -0.2) is 29.6 Å². The van der Waals surface area contributed by atoms with Crippen molar-refractivity contribution in [2.45, 2.75) is 6.42 Å². The summed E-state index contributed by atoms with van der Waals surface area (Å²) in [5.41, 5.74) is 1.23. The summed E-state index contributed by atoms with van der Waals surface area (Å²) in [6, 6.07) is 3.40. The Hall–Kier alpha value is -2.70. The van der Waals surface area contributed by atoms with Crippen LogP contribution in [0.5, 0.6) is 0 Å². The fraction of sp³-hybridized carbons (Fsp3) is 0.154. The van der Waals surface area contributed by atoms with E-state index >= 15 is 0 Å². The molecule has 3 amide bonds. The van der Waals surface area contributed by atoms with E-state index in [4.69, 9.17) is 5.11 Å². The van der Waals surface area contributed by atoms with Crippen molar-refractivity contribution >= 4 is 23.6 Å². The number of benzene rings is 1. The van der Waals surface area contributed by atoms with E-state index in [9.17, 15) is 18.8 Å². The first-order valence-electron chi connectivity index (χ1n) is 5.79. The molecule has 1 aromatic carbocycles. The number of anilines is 1. The summed E-state index contributed by atoms with van der Waals surface area (Å²) in [4.78, 5) is 34.7. The lowest BCUT2D eigenvalue weighted by molar-refractivity contribution is -0.131. The zero-order chi connectivity index (χ0) is 14.7. The third-order valence-corrected chi connectivity index (χ3v) is 2.80. The molecule has 2 rings (SSSR count). The highest BCUT2D eigenvalue weighted by molar-refractivity contribution is 6.08. The molecule has 2 N–H and O–H groups in total. The number of nitrogens with one attached hydrogen (secondary N) is 1. The number of amides is 3. The molecule has 0 saturated carbocycles. The first-order valence-corrected chi connectivity index (χ1v) is 5.79. The predicted molar refractivity (Wildman–Crippen MR) is 67.8 cm³/mol. The van der Waals surface area contributed by atoms with Crippen LogP contribution in [0.2, 0.25) is 0 Å². The van der Waals surface area contributed by atoms with Gasteiger partial charge in [-0.25, -0.2) is 14.0 Å². The SMILES string of the molecule is O=C(O)/C=C/C(=O)NC(=O)N1CCc2ccc(F)cc21. The van der Waals surface area contributed by atoms with Crippen LogP contribution in [0, 0.1) is 5.82 Å². The molecule has 0 bridgehead atoms. The number of carbonyl (C=O) groups is 3. The molecule has 0 fully saturated rings. The number of hydrogen-bond donors (Lipinski definition) is 2. The number of nitrogens with zero attached hydrogens (tertiary/aromatic N) is 1. The van der Waals surface area contributed by atoms with Crippen molar-refractivity contribution in [3.63, 3.8) is 0 Å². The number of aliphatic carboxylic acids is 1. The monoisotopic (exact) mass is 278 g/mol. The zero-order valence-corrected chi connectivity index (χ0v) is 10.3. The van der Waals surface area contributed by atoms with Gasteiger partial charge in [0.05, 0.1) is 5.69 Å². The van der Waals surface area contributed by atoms with E-state index in [1.165, 1.54) is 17.0 Å². The van der Waals surface area contributed by atoms with Gasteiger partial charge in [-0.2, -0.15) is 0 Å². The summed E-state index contributed by atoms with van der Waals surface area (Å²) in [6.07, 6.45) is 1.94. The number of carbonyl (C=O) groups excluding carboxylic acids is 2. The Morgan fingerprint density at radius 1 is 1.30 bits per heavy atom. The number of fused-ring (bicyclic) bond motifs is 1. The molecule has 104 valence electrons. The lowest BCUT2D eigenvalue weighted by Gasteiger charge is -2.16. The van der Waals surface area contributed by atoms with Crippen molar-refractivity contribution in [2.75, 3.05) is 11.4 Å². The van der Waals surface area contributed by atoms with E-state index in [2.05, 4.69) is 0 Å². The average molecular weight is 278 g/mol. The smallest absolute Gasteiger partial charge is 0.328 e. The van der Waals surface area contributed by atoms with Gasteiger partial charge in [-0.1, -0.05) is 6.07 Å². The van der Waals surface area contributed by atoms with Crippen LogP contribution in [0.25, 0.3) is 0 Å². The van der Waals surface area contributed by atoms with Crippen molar-refractivity contribution in [1.29, 1.82) is 0 Å². The minimum atomic E-state index is -1.29. The van der Waals surface area contributed by atoms with Gasteiger partial charge in [-0.3, -0.25) is 15.0 Å². The summed E-state index contributed by atoms with van der Waals surface area (Å²) in [6.45, 7) is 0.334. The van der Waals surface area contributed by atoms with Crippen LogP contribution in [-0.2, 0) is 16.0 Å². The standard InChI is InChI=1S/C13H11FN2O4/c14-9-2-1-8-5-6-16(10(8)7-9)13(20)15-11(17)3-4-12(18)19/h1-4,7H,5-6H2,(H,18,19)(H,15,17,20)/b4-3+. The molecule has 1 aliphatic rings. The molecule has 7 heteroatoms. The van der Waals surface area contributed by atoms with E-state index < -0.39 is 23.7 Å². The highest BCUT2D eigenvalue weighted by Crippen LogP contribution is 2.28. The molecule has 0 radical (unpaired) electrons. The first kappa shape index (κ1) is 13.7. The number of urea groups is 1. The van der Waals surface area contributed by atoms with Gasteiger partial charge in [-0.05, 0) is 24.1 Å². The normalized spacial score (nSPS) is 13.3. The largest absolute Gasteiger partial charge is 0.478 e. The molecule has 0 spiro atoms. The van der Waals surface area contributed by atoms with Gasteiger partial charge in [-0.15, -0.1) is 0 Å². The number of carboxylic acid groups (broad SMARTS) is 1. The van der Waals surface area contributed by atoms with Crippen LogP contribution >= 0.6 is 0 Å². The number of carboxylic acids is 1. The number of hydrogen-bond acceptors (Lipinski definition) is 3. The molecule has 0 unspecified atom stereocenters.